The number of carbonyl (C=O) groups excluding carboxylic acids is 5. The largest absolute Gasteiger partial charge is 0.480 e. The van der Waals surface area contributed by atoms with Crippen LogP contribution < -0.4 is 38.9 Å². The van der Waals surface area contributed by atoms with Crippen molar-refractivity contribution in [3.8, 4) is 0 Å². The fourth-order valence-corrected chi connectivity index (χ4v) is 3.04. The molecule has 0 aliphatic rings. The monoisotopic (exact) mass is 502 g/mol. The zero-order valence-corrected chi connectivity index (χ0v) is 19.8. The smallest absolute Gasteiger partial charge is 0.326 e. The van der Waals surface area contributed by atoms with Crippen molar-refractivity contribution in [2.75, 3.05) is 39.3 Å². The molecule has 0 radical (unpaired) electrons. The number of nitrogens with two attached hydrogens (primary N) is 4. The van der Waals surface area contributed by atoms with E-state index in [0.29, 0.717) is 43.7 Å². The number of carboxylic acid groups (broad SMARTS) is 1. The minimum atomic E-state index is -1.37. The lowest BCUT2D eigenvalue weighted by atomic mass is 10.0. The highest BCUT2D eigenvalue weighted by atomic mass is 16.4. The van der Waals surface area contributed by atoms with E-state index in [1.165, 1.54) is 0 Å². The molecular formula is C20H38N8O7. The molecule has 0 rings (SSSR count). The number of rotatable bonds is 18. The van der Waals surface area contributed by atoms with E-state index in [9.17, 15) is 33.9 Å². The summed E-state index contributed by atoms with van der Waals surface area (Å²) in [5.41, 5.74) is 21.5. The average Bonchev–Trinajstić information content (AvgIpc) is 2.84. The highest BCUT2D eigenvalue weighted by Crippen LogP contribution is 2.12. The van der Waals surface area contributed by atoms with Crippen molar-refractivity contribution in [1.29, 1.82) is 0 Å². The molecule has 35 heavy (non-hydrogen) atoms. The third-order valence-corrected chi connectivity index (χ3v) is 4.89. The summed E-state index contributed by atoms with van der Waals surface area (Å²) >= 11 is 0. The lowest BCUT2D eigenvalue weighted by molar-refractivity contribution is -0.152. The number of carboxylic acids is 1. The first-order valence-corrected chi connectivity index (χ1v) is 11.3. The van der Waals surface area contributed by atoms with Gasteiger partial charge in [-0.25, -0.2) is 4.79 Å². The van der Waals surface area contributed by atoms with Gasteiger partial charge in [-0.15, -0.1) is 0 Å². The second-order valence-corrected chi connectivity index (χ2v) is 7.60. The topological polar surface area (TPSA) is 266 Å². The van der Waals surface area contributed by atoms with Crippen LogP contribution in [0.15, 0.2) is 0 Å². The molecule has 0 aliphatic heterocycles. The van der Waals surface area contributed by atoms with Crippen LogP contribution in [0, 0.1) is 0 Å². The van der Waals surface area contributed by atoms with Gasteiger partial charge in [0.1, 0.15) is 12.1 Å². The van der Waals surface area contributed by atoms with Crippen LogP contribution in [-0.4, -0.2) is 96.9 Å². The Morgan fingerprint density at radius 3 is 1.80 bits per heavy atom. The van der Waals surface area contributed by atoms with E-state index in [2.05, 4.69) is 16.0 Å². The maximum atomic E-state index is 13.0. The number of unbranched alkanes of at least 4 members (excludes halogenated alkanes) is 2. The molecule has 0 saturated carbocycles. The summed E-state index contributed by atoms with van der Waals surface area (Å²) in [7, 11) is 0. The van der Waals surface area contributed by atoms with Crippen LogP contribution in [0.25, 0.3) is 0 Å². The quantitative estimate of drug-likeness (QED) is 0.0830. The van der Waals surface area contributed by atoms with Crippen molar-refractivity contribution in [3.63, 3.8) is 0 Å². The van der Waals surface area contributed by atoms with Crippen LogP contribution in [0.5, 0.6) is 0 Å². The van der Waals surface area contributed by atoms with Crippen LogP contribution in [-0.2, 0) is 28.8 Å². The van der Waals surface area contributed by atoms with Crippen molar-refractivity contribution in [2.45, 2.75) is 50.6 Å². The summed E-state index contributed by atoms with van der Waals surface area (Å²) in [5.74, 6) is -5.24. The van der Waals surface area contributed by atoms with Crippen LogP contribution in [0.1, 0.15) is 38.5 Å². The minimum Gasteiger partial charge on any atom is -0.480 e. The van der Waals surface area contributed by atoms with Gasteiger partial charge in [-0.05, 0) is 51.6 Å². The van der Waals surface area contributed by atoms with E-state index < -0.39 is 67.2 Å². The first kappa shape index (κ1) is 31.9. The molecule has 15 nitrogen and oxygen atoms in total. The number of hydrogen-bond acceptors (Lipinski definition) is 10. The van der Waals surface area contributed by atoms with Gasteiger partial charge in [0.05, 0.1) is 26.2 Å². The first-order chi connectivity index (χ1) is 16.6. The molecule has 0 fully saturated rings. The fraction of sp³-hybridized carbons (Fsp3) is 0.700. The molecule has 200 valence electrons. The molecule has 0 bridgehead atoms. The number of nitrogens with one attached hydrogen (secondary N) is 3. The van der Waals surface area contributed by atoms with E-state index in [-0.39, 0.29) is 19.4 Å². The standard InChI is InChI=1S/C20H38N8O7/c21-7-3-1-5-13(20(34)35)27-19(33)14(6-2-4-8-22)28(17(31)10-24)18(32)12-26-16(30)11-25-15(29)9-23/h13-14H,1-12,21-24H2,(H,25,29)(H,26,30)(H,27,33)(H,34,35)/t13-,14-/m0/s1. The maximum absolute atomic E-state index is 13.0. The molecule has 2 atom stereocenters. The van der Waals surface area contributed by atoms with Gasteiger partial charge >= 0.3 is 5.97 Å². The summed E-state index contributed by atoms with van der Waals surface area (Å²) in [5, 5.41) is 16.3. The third kappa shape index (κ3) is 12.8. The molecule has 0 unspecified atom stereocenters. The molecule has 0 aromatic heterocycles. The summed E-state index contributed by atoms with van der Waals surface area (Å²) in [6.07, 6.45) is 1.97. The lowest BCUT2D eigenvalue weighted by Crippen LogP contribution is -2.58. The zero-order valence-electron chi connectivity index (χ0n) is 19.8. The van der Waals surface area contributed by atoms with Crippen molar-refractivity contribution >= 4 is 35.5 Å². The van der Waals surface area contributed by atoms with Gasteiger partial charge in [0.15, 0.2) is 0 Å². The van der Waals surface area contributed by atoms with Crippen LogP contribution in [0.4, 0.5) is 0 Å². The Bertz CT molecular complexity index is 734. The number of aliphatic carboxylic acids is 1. The van der Waals surface area contributed by atoms with E-state index >= 15 is 0 Å². The number of amides is 5. The number of hydrogen-bond donors (Lipinski definition) is 8. The Hall–Kier alpha value is -3.14. The molecule has 0 spiro atoms. The summed E-state index contributed by atoms with van der Waals surface area (Å²) < 4.78 is 0. The molecular weight excluding hydrogens is 464 g/mol. The van der Waals surface area contributed by atoms with Gasteiger partial charge in [-0.1, -0.05) is 0 Å². The lowest BCUT2D eigenvalue weighted by Gasteiger charge is -2.30. The highest BCUT2D eigenvalue weighted by molar-refractivity contribution is 6.03. The highest BCUT2D eigenvalue weighted by Gasteiger charge is 2.35. The molecule has 0 aromatic rings. The van der Waals surface area contributed by atoms with E-state index in [4.69, 9.17) is 22.9 Å². The van der Waals surface area contributed by atoms with Crippen molar-refractivity contribution < 1.29 is 33.9 Å². The van der Waals surface area contributed by atoms with Crippen molar-refractivity contribution in [1.82, 2.24) is 20.9 Å². The summed E-state index contributed by atoms with van der Waals surface area (Å²) in [4.78, 5) is 73.7. The number of nitrogens with zero attached hydrogens (tertiary/aromatic N) is 1. The zero-order chi connectivity index (χ0) is 26.8. The average molecular weight is 503 g/mol. The van der Waals surface area contributed by atoms with Gasteiger partial charge < -0.3 is 44.0 Å². The predicted octanol–water partition coefficient (Wildman–Crippen LogP) is -4.31. The van der Waals surface area contributed by atoms with Crippen LogP contribution in [0.3, 0.4) is 0 Å². The van der Waals surface area contributed by atoms with Crippen LogP contribution >= 0.6 is 0 Å². The maximum Gasteiger partial charge on any atom is 0.326 e. The normalized spacial score (nSPS) is 12.2. The SMILES string of the molecule is NCCCC[C@H](NC(=O)[C@H](CCCCN)N(C(=O)CN)C(=O)CNC(=O)CNC(=O)CN)C(=O)O. The molecule has 0 heterocycles. The molecule has 0 aliphatic carbocycles. The molecule has 0 aromatic carbocycles. The predicted molar refractivity (Wildman–Crippen MR) is 125 cm³/mol. The Kier molecular flexibility index (Phi) is 16.6. The van der Waals surface area contributed by atoms with Crippen molar-refractivity contribution in [2.24, 2.45) is 22.9 Å². The van der Waals surface area contributed by atoms with Gasteiger partial charge in [-0.2, -0.15) is 0 Å². The van der Waals surface area contributed by atoms with E-state index in [0.717, 1.165) is 0 Å². The number of carbonyl (C=O) groups is 6. The summed E-state index contributed by atoms with van der Waals surface area (Å²) in [6.45, 7) is -1.38. The third-order valence-electron chi connectivity index (χ3n) is 4.89. The molecule has 0 saturated heterocycles. The van der Waals surface area contributed by atoms with Gasteiger partial charge in [-0.3, -0.25) is 28.9 Å². The fourth-order valence-electron chi connectivity index (χ4n) is 3.04. The van der Waals surface area contributed by atoms with E-state index in [1.54, 1.807) is 0 Å². The van der Waals surface area contributed by atoms with Gasteiger partial charge in [0.25, 0.3) is 0 Å². The molecule has 15 heteroatoms. The Labute approximate surface area is 203 Å². The first-order valence-electron chi connectivity index (χ1n) is 11.3. The number of imide groups is 1. The minimum absolute atomic E-state index is 0.0101. The van der Waals surface area contributed by atoms with Gasteiger partial charge in [0, 0.05) is 0 Å². The second-order valence-electron chi connectivity index (χ2n) is 7.60. The van der Waals surface area contributed by atoms with Gasteiger partial charge in [0.2, 0.25) is 29.5 Å². The Balaban J connectivity index is 5.57. The van der Waals surface area contributed by atoms with E-state index in [1.807, 2.05) is 0 Å². The second kappa shape index (κ2) is 18.2. The Morgan fingerprint density at radius 2 is 1.29 bits per heavy atom. The molecule has 5 amide bonds. The van der Waals surface area contributed by atoms with Crippen molar-refractivity contribution in [3.05, 3.63) is 0 Å². The van der Waals surface area contributed by atoms with Crippen LogP contribution in [0.2, 0.25) is 0 Å². The molecule has 12 N–H and O–H groups in total. The summed E-state index contributed by atoms with van der Waals surface area (Å²) in [6, 6.07) is -2.61. The Morgan fingerprint density at radius 1 is 0.714 bits per heavy atom.